The van der Waals surface area contributed by atoms with Crippen molar-refractivity contribution in [1.82, 2.24) is 0 Å². The van der Waals surface area contributed by atoms with Crippen molar-refractivity contribution in [3.8, 4) is 11.5 Å². The number of benzene rings is 2. The van der Waals surface area contributed by atoms with Crippen LogP contribution in [0.4, 0.5) is 14.5 Å². The molecule has 0 heterocycles. The Morgan fingerprint density at radius 2 is 1.79 bits per heavy atom. The van der Waals surface area contributed by atoms with Crippen LogP contribution in [0.2, 0.25) is 0 Å². The number of hydrogen-bond donors (Lipinski definition) is 2. The van der Waals surface area contributed by atoms with E-state index in [1.165, 1.54) is 25.3 Å². The van der Waals surface area contributed by atoms with E-state index >= 15 is 0 Å². The van der Waals surface area contributed by atoms with E-state index in [4.69, 9.17) is 4.74 Å². The van der Waals surface area contributed by atoms with E-state index in [0.29, 0.717) is 17.0 Å². The van der Waals surface area contributed by atoms with Gasteiger partial charge >= 0.3 is 0 Å². The number of anilines is 1. The highest BCUT2D eigenvalue weighted by Gasteiger charge is 2.05. The van der Waals surface area contributed by atoms with E-state index < -0.39 is 11.6 Å². The van der Waals surface area contributed by atoms with Crippen molar-refractivity contribution in [2.45, 2.75) is 6.54 Å². The molecule has 2 N–H and O–H groups in total. The van der Waals surface area contributed by atoms with Crippen LogP contribution in [0.5, 0.6) is 11.5 Å². The number of hydrogen-bond acceptors (Lipinski definition) is 3. The summed E-state index contributed by atoms with van der Waals surface area (Å²) in [5.74, 6) is -0.625. The van der Waals surface area contributed by atoms with E-state index in [1.807, 2.05) is 0 Å². The summed E-state index contributed by atoms with van der Waals surface area (Å²) in [7, 11) is 1.52. The van der Waals surface area contributed by atoms with Crippen molar-refractivity contribution in [3.05, 3.63) is 53.6 Å². The highest BCUT2D eigenvalue weighted by Crippen LogP contribution is 2.24. The summed E-state index contributed by atoms with van der Waals surface area (Å²) in [4.78, 5) is 0. The van der Waals surface area contributed by atoms with E-state index in [9.17, 15) is 13.9 Å². The first-order chi connectivity index (χ1) is 9.08. The largest absolute Gasteiger partial charge is 0.508 e. The third kappa shape index (κ3) is 3.34. The molecule has 0 aliphatic rings. The zero-order valence-corrected chi connectivity index (χ0v) is 10.3. The fourth-order valence-electron chi connectivity index (χ4n) is 1.68. The molecule has 0 saturated carbocycles. The molecule has 2 rings (SSSR count). The standard InChI is InChI=1S/C14H13F2NO2/c1-19-13-2-3-14(18)9(4-13)8-17-12-6-10(15)5-11(16)7-12/h2-7,17-18H,8H2,1H3. The Balaban J connectivity index is 2.13. The van der Waals surface area contributed by atoms with Gasteiger partial charge in [0.25, 0.3) is 0 Å². The predicted octanol–water partition coefficient (Wildman–Crippen LogP) is 3.29. The smallest absolute Gasteiger partial charge is 0.128 e. The second-order valence-corrected chi connectivity index (χ2v) is 4.01. The van der Waals surface area contributed by atoms with Crippen LogP contribution in [0.25, 0.3) is 0 Å². The third-order valence-electron chi connectivity index (χ3n) is 2.63. The lowest BCUT2D eigenvalue weighted by Gasteiger charge is -2.10. The van der Waals surface area contributed by atoms with E-state index in [0.717, 1.165) is 6.07 Å². The zero-order chi connectivity index (χ0) is 13.8. The fraction of sp³-hybridized carbons (Fsp3) is 0.143. The predicted molar refractivity (Wildman–Crippen MR) is 68.3 cm³/mol. The minimum Gasteiger partial charge on any atom is -0.508 e. The molecule has 0 aliphatic carbocycles. The van der Waals surface area contributed by atoms with E-state index in [2.05, 4.69) is 5.32 Å². The molecular formula is C14H13F2NO2. The van der Waals surface area contributed by atoms with Crippen LogP contribution in [0.1, 0.15) is 5.56 Å². The summed E-state index contributed by atoms with van der Waals surface area (Å²) in [6.45, 7) is 0.228. The van der Waals surface area contributed by atoms with E-state index in [-0.39, 0.29) is 12.3 Å². The number of nitrogens with one attached hydrogen (secondary N) is 1. The molecular weight excluding hydrogens is 252 g/mol. The molecule has 0 aromatic heterocycles. The first kappa shape index (κ1) is 13.1. The lowest BCUT2D eigenvalue weighted by molar-refractivity contribution is 0.411. The molecule has 2 aromatic rings. The molecule has 19 heavy (non-hydrogen) atoms. The second kappa shape index (κ2) is 5.56. The number of phenols is 1. The van der Waals surface area contributed by atoms with Crippen LogP contribution in [-0.2, 0) is 6.54 Å². The molecule has 0 atom stereocenters. The molecule has 0 bridgehead atoms. The molecule has 0 amide bonds. The maximum Gasteiger partial charge on any atom is 0.128 e. The molecule has 0 spiro atoms. The molecule has 3 nitrogen and oxygen atoms in total. The summed E-state index contributed by atoms with van der Waals surface area (Å²) in [6, 6.07) is 7.94. The number of ether oxygens (including phenoxy) is 1. The van der Waals surface area contributed by atoms with Crippen LogP contribution >= 0.6 is 0 Å². The van der Waals surface area contributed by atoms with Gasteiger partial charge in [0.2, 0.25) is 0 Å². The Hall–Kier alpha value is -2.30. The Morgan fingerprint density at radius 1 is 1.11 bits per heavy atom. The maximum atomic E-state index is 13.0. The number of methoxy groups -OCH3 is 1. The summed E-state index contributed by atoms with van der Waals surface area (Å²) < 4.78 is 31.0. The maximum absolute atomic E-state index is 13.0. The highest BCUT2D eigenvalue weighted by atomic mass is 19.1. The zero-order valence-electron chi connectivity index (χ0n) is 10.3. The van der Waals surface area contributed by atoms with Gasteiger partial charge in [0.1, 0.15) is 23.1 Å². The van der Waals surface area contributed by atoms with Crippen LogP contribution < -0.4 is 10.1 Å². The molecule has 0 saturated heterocycles. The number of rotatable bonds is 4. The van der Waals surface area contributed by atoms with Gasteiger partial charge in [0.05, 0.1) is 7.11 Å². The Bertz CT molecular complexity index is 567. The van der Waals surface area contributed by atoms with E-state index in [1.54, 1.807) is 12.1 Å². The van der Waals surface area contributed by atoms with Gasteiger partial charge < -0.3 is 15.2 Å². The van der Waals surface area contributed by atoms with Crippen LogP contribution in [0.3, 0.4) is 0 Å². The number of phenolic OH excluding ortho intramolecular Hbond substituents is 1. The van der Waals surface area contributed by atoms with Gasteiger partial charge in [-0.05, 0) is 30.3 Å². The first-order valence-corrected chi connectivity index (χ1v) is 5.64. The fourth-order valence-corrected chi connectivity index (χ4v) is 1.68. The summed E-state index contributed by atoms with van der Waals surface area (Å²) in [5.41, 5.74) is 0.878. The van der Waals surface area contributed by atoms with Crippen molar-refractivity contribution in [1.29, 1.82) is 0 Å². The van der Waals surface area contributed by atoms with Gasteiger partial charge in [0.15, 0.2) is 0 Å². The molecule has 100 valence electrons. The van der Waals surface area contributed by atoms with Gasteiger partial charge in [-0.2, -0.15) is 0 Å². The van der Waals surface area contributed by atoms with Crippen LogP contribution in [0.15, 0.2) is 36.4 Å². The molecule has 0 fully saturated rings. The minimum atomic E-state index is -0.655. The second-order valence-electron chi connectivity index (χ2n) is 4.01. The molecule has 5 heteroatoms. The first-order valence-electron chi connectivity index (χ1n) is 5.64. The van der Waals surface area contributed by atoms with Crippen molar-refractivity contribution in [2.75, 3.05) is 12.4 Å². The Kier molecular flexibility index (Phi) is 3.85. The minimum absolute atomic E-state index is 0.0881. The van der Waals surface area contributed by atoms with Crippen LogP contribution in [-0.4, -0.2) is 12.2 Å². The SMILES string of the molecule is COc1ccc(O)c(CNc2cc(F)cc(F)c2)c1. The van der Waals surface area contributed by atoms with Gasteiger partial charge in [-0.15, -0.1) is 0 Å². The van der Waals surface area contributed by atoms with Crippen molar-refractivity contribution in [2.24, 2.45) is 0 Å². The topological polar surface area (TPSA) is 41.5 Å². The average molecular weight is 265 g/mol. The quantitative estimate of drug-likeness (QED) is 0.891. The number of aromatic hydroxyl groups is 1. The lowest BCUT2D eigenvalue weighted by atomic mass is 10.2. The van der Waals surface area contributed by atoms with Crippen molar-refractivity contribution < 1.29 is 18.6 Å². The van der Waals surface area contributed by atoms with Crippen LogP contribution in [0, 0.1) is 11.6 Å². The Morgan fingerprint density at radius 3 is 2.42 bits per heavy atom. The van der Waals surface area contributed by atoms with Gasteiger partial charge in [-0.3, -0.25) is 0 Å². The third-order valence-corrected chi connectivity index (χ3v) is 2.63. The molecule has 0 radical (unpaired) electrons. The van der Waals surface area contributed by atoms with Crippen molar-refractivity contribution in [3.63, 3.8) is 0 Å². The highest BCUT2D eigenvalue weighted by molar-refractivity contribution is 5.47. The van der Waals surface area contributed by atoms with Gasteiger partial charge in [-0.1, -0.05) is 0 Å². The lowest BCUT2D eigenvalue weighted by Crippen LogP contribution is -2.01. The van der Waals surface area contributed by atoms with Gasteiger partial charge in [-0.25, -0.2) is 8.78 Å². The Labute approximate surface area is 109 Å². The molecule has 0 unspecified atom stereocenters. The number of halogens is 2. The monoisotopic (exact) mass is 265 g/mol. The summed E-state index contributed by atoms with van der Waals surface area (Å²) >= 11 is 0. The van der Waals surface area contributed by atoms with Crippen molar-refractivity contribution >= 4 is 5.69 Å². The normalized spacial score (nSPS) is 10.3. The van der Waals surface area contributed by atoms with Gasteiger partial charge in [0, 0.05) is 23.9 Å². The molecule has 2 aromatic carbocycles. The summed E-state index contributed by atoms with van der Waals surface area (Å²) in [5, 5.41) is 12.5. The molecule has 0 aliphatic heterocycles. The summed E-state index contributed by atoms with van der Waals surface area (Å²) in [6.07, 6.45) is 0. The average Bonchev–Trinajstić information content (AvgIpc) is 2.37.